The second-order valence-corrected chi connectivity index (χ2v) is 9.24. The van der Waals surface area contributed by atoms with Crippen LogP contribution in [0, 0.1) is 17.1 Å². The van der Waals surface area contributed by atoms with E-state index in [2.05, 4.69) is 21.6 Å². The lowest BCUT2D eigenvalue weighted by atomic mass is 10.0. The first kappa shape index (κ1) is 26.3. The molecule has 1 atom stereocenters. The number of aromatic nitrogens is 1. The minimum Gasteiger partial charge on any atom is -0.369 e. The number of benzene rings is 2. The van der Waals surface area contributed by atoms with Crippen molar-refractivity contribution in [3.63, 3.8) is 0 Å². The quantitative estimate of drug-likeness (QED) is 0.368. The van der Waals surface area contributed by atoms with E-state index in [-0.39, 0.29) is 11.7 Å². The normalized spacial score (nSPS) is 15.3. The molecule has 1 aliphatic heterocycles. The van der Waals surface area contributed by atoms with Crippen LogP contribution in [0.5, 0.6) is 0 Å². The predicted octanol–water partition coefficient (Wildman–Crippen LogP) is 3.96. The molecule has 37 heavy (non-hydrogen) atoms. The van der Waals surface area contributed by atoms with Crippen LogP contribution in [0.1, 0.15) is 40.7 Å². The molecule has 0 radical (unpaired) electrons. The number of nitriles is 1. The smallest absolute Gasteiger partial charge is 0.255 e. The van der Waals surface area contributed by atoms with Crippen LogP contribution < -0.4 is 16.4 Å². The van der Waals surface area contributed by atoms with Crippen LogP contribution in [0.25, 0.3) is 11.3 Å². The Hall–Kier alpha value is -3.80. The van der Waals surface area contributed by atoms with Gasteiger partial charge in [0.1, 0.15) is 11.6 Å². The van der Waals surface area contributed by atoms with Gasteiger partial charge in [0.2, 0.25) is 0 Å². The predicted molar refractivity (Wildman–Crippen MR) is 144 cm³/mol. The zero-order chi connectivity index (χ0) is 26.0. The van der Waals surface area contributed by atoms with E-state index in [0.717, 1.165) is 37.9 Å². The molecule has 0 bridgehead atoms. The van der Waals surface area contributed by atoms with E-state index in [1.54, 1.807) is 24.3 Å². The molecule has 0 saturated carbocycles. The summed E-state index contributed by atoms with van der Waals surface area (Å²) >= 11 is 0. The molecule has 192 valence electrons. The number of carbonyl (C=O) groups is 1. The zero-order valence-corrected chi connectivity index (χ0v) is 20.9. The molecule has 3 aromatic rings. The van der Waals surface area contributed by atoms with E-state index in [0.29, 0.717) is 60.3 Å². The molecule has 1 unspecified atom stereocenters. The van der Waals surface area contributed by atoms with E-state index in [4.69, 9.17) is 10.7 Å². The van der Waals surface area contributed by atoms with Crippen molar-refractivity contribution in [2.45, 2.75) is 31.7 Å². The maximum atomic E-state index is 13.6. The Bertz CT molecular complexity index is 1260. The Morgan fingerprint density at radius 1 is 1.19 bits per heavy atom. The molecule has 1 fully saturated rings. The van der Waals surface area contributed by atoms with Gasteiger partial charge in [-0.2, -0.15) is 5.26 Å². The van der Waals surface area contributed by atoms with Crippen molar-refractivity contribution in [2.24, 2.45) is 5.73 Å². The number of amides is 1. The molecule has 8 heteroatoms. The summed E-state index contributed by atoms with van der Waals surface area (Å²) in [5, 5.41) is 15.9. The van der Waals surface area contributed by atoms with Crippen LogP contribution in [0.3, 0.4) is 0 Å². The third kappa shape index (κ3) is 6.91. The molecule has 1 aromatic heterocycles. The molecular weight excluding hydrogens is 467 g/mol. The number of nitrogens with zero attached hydrogens (tertiary/aromatic N) is 3. The van der Waals surface area contributed by atoms with Gasteiger partial charge in [-0.05, 0) is 81.2 Å². The van der Waals surface area contributed by atoms with Crippen LogP contribution in [0.15, 0.2) is 60.7 Å². The first-order valence-electron chi connectivity index (χ1n) is 12.8. The highest BCUT2D eigenvalue weighted by atomic mass is 19.1. The molecule has 1 saturated heterocycles. The van der Waals surface area contributed by atoms with Crippen molar-refractivity contribution in [1.82, 2.24) is 15.2 Å². The average molecular weight is 501 g/mol. The molecule has 7 nitrogen and oxygen atoms in total. The summed E-state index contributed by atoms with van der Waals surface area (Å²) in [5.74, 6) is -0.0460. The third-order valence-corrected chi connectivity index (χ3v) is 6.71. The molecule has 1 amide bonds. The summed E-state index contributed by atoms with van der Waals surface area (Å²) in [5.41, 5.74) is 8.78. The SMILES string of the molecule is N#Cc1ccccc1-c1ccc(C(=O)NCC2CCCN2CCCN)c(NCCc2cccc(F)c2)n1. The van der Waals surface area contributed by atoms with Crippen LogP contribution in [0.4, 0.5) is 10.2 Å². The number of anilines is 1. The van der Waals surface area contributed by atoms with Gasteiger partial charge in [-0.1, -0.05) is 30.3 Å². The first-order chi connectivity index (χ1) is 18.1. The number of carbonyl (C=O) groups excluding carboxylic acids is 1. The van der Waals surface area contributed by atoms with Gasteiger partial charge in [0, 0.05) is 24.7 Å². The van der Waals surface area contributed by atoms with E-state index < -0.39 is 0 Å². The van der Waals surface area contributed by atoms with Gasteiger partial charge in [0.05, 0.1) is 22.9 Å². The highest BCUT2D eigenvalue weighted by Gasteiger charge is 2.25. The Balaban J connectivity index is 1.52. The fourth-order valence-electron chi connectivity index (χ4n) is 4.77. The van der Waals surface area contributed by atoms with Gasteiger partial charge in [-0.3, -0.25) is 9.69 Å². The minimum atomic E-state index is -0.279. The summed E-state index contributed by atoms with van der Waals surface area (Å²) in [7, 11) is 0. The number of likely N-dealkylation sites (tertiary alicyclic amines) is 1. The highest BCUT2D eigenvalue weighted by Crippen LogP contribution is 2.25. The fourth-order valence-corrected chi connectivity index (χ4v) is 4.77. The van der Waals surface area contributed by atoms with Crippen molar-refractivity contribution >= 4 is 11.7 Å². The number of nitrogens with two attached hydrogens (primary N) is 1. The topological polar surface area (TPSA) is 107 Å². The van der Waals surface area contributed by atoms with Crippen molar-refractivity contribution in [1.29, 1.82) is 5.26 Å². The molecule has 1 aliphatic rings. The molecule has 0 aliphatic carbocycles. The van der Waals surface area contributed by atoms with Crippen LogP contribution >= 0.6 is 0 Å². The molecule has 2 heterocycles. The number of nitrogens with one attached hydrogen (secondary N) is 2. The van der Waals surface area contributed by atoms with Gasteiger partial charge in [0.25, 0.3) is 5.91 Å². The standard InChI is InChI=1S/C29H33FN6O/c30-23-8-3-6-21(18-23)13-15-33-28-26(11-12-27(35-28)25-10-2-1-7-22(25)19-32)29(37)34-20-24-9-4-16-36(24)17-5-14-31/h1-3,6-8,10-12,18,24H,4-5,9,13-17,20,31H2,(H,33,35)(H,34,37). The molecule has 0 spiro atoms. The van der Waals surface area contributed by atoms with Gasteiger partial charge >= 0.3 is 0 Å². The number of halogens is 1. The Morgan fingerprint density at radius 2 is 2.05 bits per heavy atom. The second kappa shape index (κ2) is 12.9. The van der Waals surface area contributed by atoms with E-state index >= 15 is 0 Å². The van der Waals surface area contributed by atoms with Gasteiger partial charge in [0.15, 0.2) is 0 Å². The van der Waals surface area contributed by atoms with Crippen molar-refractivity contribution < 1.29 is 9.18 Å². The Kier molecular flexibility index (Phi) is 9.19. The monoisotopic (exact) mass is 500 g/mol. The largest absolute Gasteiger partial charge is 0.369 e. The number of rotatable bonds is 11. The van der Waals surface area contributed by atoms with Crippen LogP contribution in [0.2, 0.25) is 0 Å². The van der Waals surface area contributed by atoms with Crippen molar-refractivity contribution in [3.05, 3.63) is 83.2 Å². The Morgan fingerprint density at radius 3 is 2.86 bits per heavy atom. The maximum Gasteiger partial charge on any atom is 0.255 e. The minimum absolute atomic E-state index is 0.202. The fraction of sp³-hybridized carbons (Fsp3) is 0.345. The lowest BCUT2D eigenvalue weighted by Gasteiger charge is -2.24. The Labute approximate surface area is 217 Å². The van der Waals surface area contributed by atoms with Crippen molar-refractivity contribution in [2.75, 3.05) is 38.0 Å². The first-order valence-corrected chi connectivity index (χ1v) is 12.8. The summed E-state index contributed by atoms with van der Waals surface area (Å²) < 4.78 is 13.6. The maximum absolute atomic E-state index is 13.6. The summed E-state index contributed by atoms with van der Waals surface area (Å²) in [4.78, 5) is 20.4. The van der Waals surface area contributed by atoms with E-state index in [1.165, 1.54) is 12.1 Å². The molecule has 4 rings (SSSR count). The molecule has 4 N–H and O–H groups in total. The number of pyridine rings is 1. The van der Waals surface area contributed by atoms with Crippen molar-refractivity contribution in [3.8, 4) is 17.3 Å². The lowest BCUT2D eigenvalue weighted by molar-refractivity contribution is 0.0941. The zero-order valence-electron chi connectivity index (χ0n) is 20.9. The van der Waals surface area contributed by atoms with Gasteiger partial charge < -0.3 is 16.4 Å². The highest BCUT2D eigenvalue weighted by molar-refractivity contribution is 5.99. The second-order valence-electron chi connectivity index (χ2n) is 9.24. The molecular formula is C29H33FN6O. The average Bonchev–Trinajstić information content (AvgIpc) is 3.37. The summed E-state index contributed by atoms with van der Waals surface area (Å²) in [6.45, 7) is 3.66. The van der Waals surface area contributed by atoms with Crippen LogP contribution in [-0.4, -0.2) is 54.6 Å². The molecule has 2 aromatic carbocycles. The summed E-state index contributed by atoms with van der Waals surface area (Å²) in [6.07, 6.45) is 3.68. The van der Waals surface area contributed by atoms with E-state index in [9.17, 15) is 14.4 Å². The van der Waals surface area contributed by atoms with Gasteiger partial charge in [-0.25, -0.2) is 9.37 Å². The third-order valence-electron chi connectivity index (χ3n) is 6.71. The lowest BCUT2D eigenvalue weighted by Crippen LogP contribution is -2.41. The van der Waals surface area contributed by atoms with Gasteiger partial charge in [-0.15, -0.1) is 0 Å². The van der Waals surface area contributed by atoms with E-state index in [1.807, 2.05) is 24.3 Å². The van der Waals surface area contributed by atoms with Crippen LogP contribution in [-0.2, 0) is 6.42 Å². The number of hydrogen-bond acceptors (Lipinski definition) is 6. The number of hydrogen-bond donors (Lipinski definition) is 3. The summed E-state index contributed by atoms with van der Waals surface area (Å²) in [6, 6.07) is 19.7.